The normalized spacial score (nSPS) is 10.7. The first kappa shape index (κ1) is 17.7. The van der Waals surface area contributed by atoms with E-state index in [1.165, 1.54) is 0 Å². The molecule has 26 heavy (non-hydrogen) atoms. The van der Waals surface area contributed by atoms with Crippen LogP contribution in [0.5, 0.6) is 5.75 Å². The van der Waals surface area contributed by atoms with Crippen molar-refractivity contribution in [2.45, 2.75) is 19.9 Å². The summed E-state index contributed by atoms with van der Waals surface area (Å²) in [6.07, 6.45) is 0.526. The molecule has 0 saturated heterocycles. The number of esters is 1. The zero-order chi connectivity index (χ0) is 18.4. The predicted molar refractivity (Wildman–Crippen MR) is 98.3 cm³/mol. The highest BCUT2D eigenvalue weighted by molar-refractivity contribution is 5.77. The number of aromatic nitrogens is 2. The second kappa shape index (κ2) is 8.29. The molecular formula is C20H20N2O4. The summed E-state index contributed by atoms with van der Waals surface area (Å²) in [6.45, 7) is 2.32. The number of carbonyl (C=O) groups is 1. The van der Waals surface area contributed by atoms with Crippen molar-refractivity contribution < 1.29 is 14.3 Å². The van der Waals surface area contributed by atoms with Crippen molar-refractivity contribution in [3.05, 3.63) is 70.8 Å². The van der Waals surface area contributed by atoms with Crippen LogP contribution in [-0.2, 0) is 16.1 Å². The zero-order valence-electron chi connectivity index (χ0n) is 14.6. The van der Waals surface area contributed by atoms with Gasteiger partial charge in [-0.15, -0.1) is 0 Å². The average molecular weight is 352 g/mol. The van der Waals surface area contributed by atoms with Gasteiger partial charge in [-0.05, 0) is 37.6 Å². The number of fused-ring (bicyclic) bond motifs is 1. The first-order valence-electron chi connectivity index (χ1n) is 8.45. The lowest BCUT2D eigenvalue weighted by Gasteiger charge is -2.11. The summed E-state index contributed by atoms with van der Waals surface area (Å²) in [4.78, 5) is 28.7. The van der Waals surface area contributed by atoms with Crippen molar-refractivity contribution >= 4 is 16.9 Å². The number of ether oxygens (including phenoxy) is 2. The Kier molecular flexibility index (Phi) is 5.63. The van der Waals surface area contributed by atoms with Gasteiger partial charge in [0.25, 0.3) is 5.56 Å². The van der Waals surface area contributed by atoms with Gasteiger partial charge >= 0.3 is 5.97 Å². The highest BCUT2D eigenvalue weighted by Crippen LogP contribution is 2.09. The molecule has 0 aliphatic rings. The molecule has 0 saturated carbocycles. The molecule has 0 aliphatic heterocycles. The maximum absolute atomic E-state index is 12.5. The Morgan fingerprint density at radius 2 is 1.81 bits per heavy atom. The molecule has 0 amide bonds. The standard InChI is InChI=1S/C20H20N2O4/c1-15-21-18-11-6-5-10-17(18)20(24)22(15)12-7-13-25-19(23)14-26-16-8-3-2-4-9-16/h2-6,8-11H,7,12-14H2,1H3. The lowest BCUT2D eigenvalue weighted by Crippen LogP contribution is -2.25. The molecule has 0 aliphatic carbocycles. The third-order valence-electron chi connectivity index (χ3n) is 3.94. The molecule has 0 unspecified atom stereocenters. The second-order valence-corrected chi connectivity index (χ2v) is 5.81. The van der Waals surface area contributed by atoms with E-state index in [-0.39, 0.29) is 18.8 Å². The molecule has 0 radical (unpaired) electrons. The minimum absolute atomic E-state index is 0.0770. The van der Waals surface area contributed by atoms with Gasteiger partial charge in [0.1, 0.15) is 11.6 Å². The zero-order valence-corrected chi connectivity index (χ0v) is 14.6. The van der Waals surface area contributed by atoms with Crippen LogP contribution < -0.4 is 10.3 Å². The van der Waals surface area contributed by atoms with Gasteiger partial charge < -0.3 is 9.47 Å². The second-order valence-electron chi connectivity index (χ2n) is 5.81. The van der Waals surface area contributed by atoms with Crippen molar-refractivity contribution in [1.82, 2.24) is 9.55 Å². The lowest BCUT2D eigenvalue weighted by atomic mass is 10.2. The molecular weight excluding hydrogens is 332 g/mol. The first-order chi connectivity index (χ1) is 12.6. The van der Waals surface area contributed by atoms with Gasteiger partial charge in [-0.2, -0.15) is 0 Å². The number of benzene rings is 2. The van der Waals surface area contributed by atoms with E-state index in [1.54, 1.807) is 29.7 Å². The summed E-state index contributed by atoms with van der Waals surface area (Å²) >= 11 is 0. The fourth-order valence-electron chi connectivity index (χ4n) is 2.65. The van der Waals surface area contributed by atoms with Crippen LogP contribution in [0.15, 0.2) is 59.4 Å². The van der Waals surface area contributed by atoms with Gasteiger partial charge in [0, 0.05) is 6.54 Å². The van der Waals surface area contributed by atoms with Crippen LogP contribution in [0.2, 0.25) is 0 Å². The Morgan fingerprint density at radius 3 is 2.62 bits per heavy atom. The Morgan fingerprint density at radius 1 is 1.08 bits per heavy atom. The summed E-state index contributed by atoms with van der Waals surface area (Å²) in [6, 6.07) is 16.3. The molecule has 0 atom stereocenters. The largest absolute Gasteiger partial charge is 0.482 e. The lowest BCUT2D eigenvalue weighted by molar-refractivity contribution is -0.146. The molecule has 3 aromatic rings. The summed E-state index contributed by atoms with van der Waals surface area (Å²) < 4.78 is 12.1. The number of para-hydroxylation sites is 2. The molecule has 0 bridgehead atoms. The Bertz CT molecular complexity index is 951. The molecule has 2 aromatic carbocycles. The number of carbonyl (C=O) groups excluding carboxylic acids is 1. The molecule has 1 heterocycles. The van der Waals surface area contributed by atoms with E-state index in [2.05, 4.69) is 4.98 Å². The van der Waals surface area contributed by atoms with Crippen molar-refractivity contribution in [1.29, 1.82) is 0 Å². The molecule has 6 nitrogen and oxygen atoms in total. The number of hydrogen-bond acceptors (Lipinski definition) is 5. The Balaban J connectivity index is 1.50. The van der Waals surface area contributed by atoms with Crippen molar-refractivity contribution in [2.75, 3.05) is 13.2 Å². The average Bonchev–Trinajstić information content (AvgIpc) is 2.66. The van der Waals surface area contributed by atoms with Crippen molar-refractivity contribution in [2.24, 2.45) is 0 Å². The number of nitrogens with zero attached hydrogens (tertiary/aromatic N) is 2. The Hall–Kier alpha value is -3.15. The fraction of sp³-hybridized carbons (Fsp3) is 0.250. The van der Waals surface area contributed by atoms with E-state index < -0.39 is 5.97 Å². The molecule has 134 valence electrons. The van der Waals surface area contributed by atoms with Gasteiger partial charge in [-0.3, -0.25) is 9.36 Å². The topological polar surface area (TPSA) is 70.4 Å². The van der Waals surface area contributed by atoms with Crippen LogP contribution in [0.4, 0.5) is 0 Å². The first-order valence-corrected chi connectivity index (χ1v) is 8.45. The predicted octanol–water partition coefficient (Wildman–Crippen LogP) is 2.72. The van der Waals surface area contributed by atoms with Gasteiger partial charge in [-0.25, -0.2) is 9.78 Å². The molecule has 3 rings (SSSR count). The summed E-state index contributed by atoms with van der Waals surface area (Å²) in [5.74, 6) is 0.830. The molecule has 0 N–H and O–H groups in total. The smallest absolute Gasteiger partial charge is 0.344 e. The van der Waals surface area contributed by atoms with Gasteiger partial charge in [-0.1, -0.05) is 30.3 Å². The van der Waals surface area contributed by atoms with Crippen LogP contribution in [0.3, 0.4) is 0 Å². The number of hydrogen-bond donors (Lipinski definition) is 0. The summed E-state index contributed by atoms with van der Waals surface area (Å²) in [5.41, 5.74) is 0.613. The van der Waals surface area contributed by atoms with Gasteiger partial charge in [0.05, 0.1) is 17.5 Å². The minimum Gasteiger partial charge on any atom is -0.482 e. The fourth-order valence-corrected chi connectivity index (χ4v) is 2.65. The Labute approximate surface area is 151 Å². The van der Waals surface area contributed by atoms with Crippen LogP contribution in [0.25, 0.3) is 10.9 Å². The van der Waals surface area contributed by atoms with Crippen LogP contribution in [-0.4, -0.2) is 28.7 Å². The highest BCUT2D eigenvalue weighted by atomic mass is 16.6. The third kappa shape index (κ3) is 4.27. The molecule has 0 fully saturated rings. The minimum atomic E-state index is -0.436. The van der Waals surface area contributed by atoms with Crippen molar-refractivity contribution in [3.63, 3.8) is 0 Å². The molecule has 1 aromatic heterocycles. The summed E-state index contributed by atoms with van der Waals surface area (Å²) in [5, 5.41) is 0.589. The monoisotopic (exact) mass is 352 g/mol. The van der Waals surface area contributed by atoms with Crippen LogP contribution in [0, 0.1) is 6.92 Å². The maximum atomic E-state index is 12.5. The maximum Gasteiger partial charge on any atom is 0.344 e. The van der Waals surface area contributed by atoms with E-state index in [4.69, 9.17) is 9.47 Å². The molecule has 6 heteroatoms. The van der Waals surface area contributed by atoms with E-state index in [1.807, 2.05) is 36.4 Å². The van der Waals surface area contributed by atoms with Crippen molar-refractivity contribution in [3.8, 4) is 5.75 Å². The number of rotatable bonds is 7. The SMILES string of the molecule is Cc1nc2ccccc2c(=O)n1CCCOC(=O)COc1ccccc1. The van der Waals surface area contributed by atoms with E-state index >= 15 is 0 Å². The van der Waals surface area contributed by atoms with E-state index in [0.717, 1.165) is 0 Å². The quantitative estimate of drug-likeness (QED) is 0.483. The van der Waals surface area contributed by atoms with Gasteiger partial charge in [0.15, 0.2) is 6.61 Å². The summed E-state index contributed by atoms with van der Waals surface area (Å²) in [7, 11) is 0. The van der Waals surface area contributed by atoms with Crippen LogP contribution >= 0.6 is 0 Å². The van der Waals surface area contributed by atoms with E-state index in [0.29, 0.717) is 35.4 Å². The number of aryl methyl sites for hydroxylation is 1. The molecule has 0 spiro atoms. The van der Waals surface area contributed by atoms with E-state index in [9.17, 15) is 9.59 Å². The third-order valence-corrected chi connectivity index (χ3v) is 3.94. The highest BCUT2D eigenvalue weighted by Gasteiger charge is 2.08. The van der Waals surface area contributed by atoms with Crippen LogP contribution in [0.1, 0.15) is 12.2 Å². The van der Waals surface area contributed by atoms with Gasteiger partial charge in [0.2, 0.25) is 0 Å².